The maximum Gasteiger partial charge on any atom is 0.159 e. The number of allylic oxidation sites excluding steroid dienone is 3. The molecule has 1 aliphatic heterocycles. The van der Waals surface area contributed by atoms with Gasteiger partial charge in [-0.1, -0.05) is 24.6 Å². The minimum Gasteiger partial charge on any atom is -0.393 e. The lowest BCUT2D eigenvalue weighted by Crippen LogP contribution is -2.38. The largest absolute Gasteiger partial charge is 0.393 e. The molecule has 4 heteroatoms. The van der Waals surface area contributed by atoms with E-state index in [1.54, 1.807) is 0 Å². The van der Waals surface area contributed by atoms with Gasteiger partial charge in [-0.25, -0.2) is 0 Å². The van der Waals surface area contributed by atoms with Crippen molar-refractivity contribution >= 4 is 5.78 Å². The lowest BCUT2D eigenvalue weighted by Gasteiger charge is -2.37. The van der Waals surface area contributed by atoms with Gasteiger partial charge < -0.3 is 14.9 Å². The molecular weight excluding hydrogens is 364 g/mol. The number of aliphatic hydroxyl groups is 2. The quantitative estimate of drug-likeness (QED) is 0.481. The average Bonchev–Trinajstić information content (AvgIpc) is 2.66. The van der Waals surface area contributed by atoms with Crippen molar-refractivity contribution < 1.29 is 19.7 Å². The maximum absolute atomic E-state index is 12.0. The summed E-state index contributed by atoms with van der Waals surface area (Å²) in [5, 5.41) is 20.1. The Hall–Kier alpha value is -1.23. The summed E-state index contributed by atoms with van der Waals surface area (Å²) >= 11 is 0. The molecule has 0 spiro atoms. The fourth-order valence-electron chi connectivity index (χ4n) is 4.31. The van der Waals surface area contributed by atoms with E-state index < -0.39 is 0 Å². The SMILES string of the molecule is CC(C)=CCCC(C)CCC(O)CCCC1C=C(CO)C2CC(=O)C(C)=CC2O1. The standard InChI is InChI=1S/C25H40O4/c1-17(2)7-5-8-18(3)11-12-21(27)9-6-10-22-14-20(16-26)23-15-24(28)19(4)13-25(23)29-22/h7,13-14,18,21-23,25-27H,5-6,8-12,15-16H2,1-4H3. The number of Topliss-reactive ketones (excluding diaryl/α,β-unsaturated/α-hetero) is 1. The zero-order valence-corrected chi connectivity index (χ0v) is 18.7. The van der Waals surface area contributed by atoms with Crippen LogP contribution in [0.2, 0.25) is 0 Å². The smallest absolute Gasteiger partial charge is 0.159 e. The molecular formula is C25H40O4. The molecule has 0 fully saturated rings. The summed E-state index contributed by atoms with van der Waals surface area (Å²) in [5.74, 6) is 0.759. The van der Waals surface area contributed by atoms with E-state index in [0.717, 1.165) is 49.7 Å². The highest BCUT2D eigenvalue weighted by molar-refractivity contribution is 5.96. The van der Waals surface area contributed by atoms with Crippen molar-refractivity contribution in [2.24, 2.45) is 11.8 Å². The van der Waals surface area contributed by atoms with Gasteiger partial charge in [0, 0.05) is 12.3 Å². The Morgan fingerprint density at radius 1 is 1.24 bits per heavy atom. The number of ether oxygens (including phenoxy) is 1. The van der Waals surface area contributed by atoms with Crippen LogP contribution >= 0.6 is 0 Å². The van der Waals surface area contributed by atoms with Crippen LogP contribution in [0.25, 0.3) is 0 Å². The van der Waals surface area contributed by atoms with Gasteiger partial charge in [0.2, 0.25) is 0 Å². The summed E-state index contributed by atoms with van der Waals surface area (Å²) in [6.45, 7) is 8.35. The highest BCUT2D eigenvalue weighted by atomic mass is 16.5. The summed E-state index contributed by atoms with van der Waals surface area (Å²) in [6.07, 6.45) is 12.9. The van der Waals surface area contributed by atoms with Crippen molar-refractivity contribution in [3.05, 3.63) is 34.9 Å². The lowest BCUT2D eigenvalue weighted by atomic mass is 9.79. The fourth-order valence-corrected chi connectivity index (χ4v) is 4.31. The van der Waals surface area contributed by atoms with Crippen LogP contribution in [0.1, 0.15) is 79.1 Å². The molecule has 5 atom stereocenters. The second-order valence-corrected chi connectivity index (χ2v) is 9.25. The second-order valence-electron chi connectivity index (χ2n) is 9.25. The molecule has 0 aromatic carbocycles. The molecule has 0 bridgehead atoms. The normalized spacial score (nSPS) is 26.3. The second kappa shape index (κ2) is 11.8. The molecule has 164 valence electrons. The fraction of sp³-hybridized carbons (Fsp3) is 0.720. The summed E-state index contributed by atoms with van der Waals surface area (Å²) in [6, 6.07) is 0. The first kappa shape index (κ1) is 24.0. The summed E-state index contributed by atoms with van der Waals surface area (Å²) in [7, 11) is 0. The number of carbonyl (C=O) groups is 1. The van der Waals surface area contributed by atoms with Gasteiger partial charge in [0.05, 0.1) is 24.9 Å². The average molecular weight is 405 g/mol. The third-order valence-electron chi connectivity index (χ3n) is 6.28. The van der Waals surface area contributed by atoms with E-state index in [0.29, 0.717) is 12.3 Å². The molecule has 0 saturated carbocycles. The van der Waals surface area contributed by atoms with Crippen molar-refractivity contribution in [1.82, 2.24) is 0 Å². The van der Waals surface area contributed by atoms with E-state index in [1.165, 1.54) is 12.0 Å². The van der Waals surface area contributed by atoms with Crippen molar-refractivity contribution in [3.8, 4) is 0 Å². The van der Waals surface area contributed by atoms with Crippen LogP contribution in [-0.2, 0) is 9.53 Å². The van der Waals surface area contributed by atoms with Crippen molar-refractivity contribution in [2.45, 2.75) is 97.4 Å². The molecule has 0 aromatic heterocycles. The molecule has 0 radical (unpaired) electrons. The number of carbonyl (C=O) groups excluding carboxylic acids is 1. The summed E-state index contributed by atoms with van der Waals surface area (Å²) < 4.78 is 6.18. The Kier molecular flexibility index (Phi) is 9.81. The van der Waals surface area contributed by atoms with Gasteiger partial charge in [0.1, 0.15) is 0 Å². The predicted molar refractivity (Wildman–Crippen MR) is 118 cm³/mol. The van der Waals surface area contributed by atoms with E-state index in [-0.39, 0.29) is 36.6 Å². The van der Waals surface area contributed by atoms with Gasteiger partial charge in [0.25, 0.3) is 0 Å². The number of rotatable bonds is 11. The number of fused-ring (bicyclic) bond motifs is 1. The van der Waals surface area contributed by atoms with E-state index in [4.69, 9.17) is 4.74 Å². The number of aliphatic hydroxyl groups excluding tert-OH is 2. The van der Waals surface area contributed by atoms with Crippen LogP contribution in [0.4, 0.5) is 0 Å². The molecule has 0 amide bonds. The van der Waals surface area contributed by atoms with Crippen LogP contribution in [-0.4, -0.2) is 40.9 Å². The topological polar surface area (TPSA) is 66.8 Å². The van der Waals surface area contributed by atoms with Gasteiger partial charge in [-0.3, -0.25) is 4.79 Å². The van der Waals surface area contributed by atoms with Crippen LogP contribution in [0, 0.1) is 11.8 Å². The van der Waals surface area contributed by atoms with Crippen molar-refractivity contribution in [2.75, 3.05) is 6.61 Å². The first-order valence-electron chi connectivity index (χ1n) is 11.3. The minimum absolute atomic E-state index is 0.0194. The van der Waals surface area contributed by atoms with Gasteiger partial charge in [-0.15, -0.1) is 0 Å². The first-order chi connectivity index (χ1) is 13.8. The Morgan fingerprint density at radius 2 is 2.00 bits per heavy atom. The Morgan fingerprint density at radius 3 is 2.69 bits per heavy atom. The molecule has 2 aliphatic rings. The van der Waals surface area contributed by atoms with Crippen molar-refractivity contribution in [3.63, 3.8) is 0 Å². The van der Waals surface area contributed by atoms with E-state index in [2.05, 4.69) is 26.8 Å². The van der Waals surface area contributed by atoms with E-state index in [1.807, 2.05) is 19.1 Å². The van der Waals surface area contributed by atoms with Gasteiger partial charge in [-0.2, -0.15) is 0 Å². The van der Waals surface area contributed by atoms with E-state index in [9.17, 15) is 15.0 Å². The van der Waals surface area contributed by atoms with Gasteiger partial charge in [0.15, 0.2) is 5.78 Å². The zero-order chi connectivity index (χ0) is 21.4. The Labute approximate surface area is 176 Å². The minimum atomic E-state index is -0.257. The third kappa shape index (κ3) is 7.84. The highest BCUT2D eigenvalue weighted by Gasteiger charge is 2.36. The third-order valence-corrected chi connectivity index (χ3v) is 6.28. The summed E-state index contributed by atoms with van der Waals surface area (Å²) in [4.78, 5) is 12.0. The van der Waals surface area contributed by atoms with E-state index >= 15 is 0 Å². The molecule has 1 aliphatic carbocycles. The summed E-state index contributed by atoms with van der Waals surface area (Å²) in [5.41, 5.74) is 3.06. The molecule has 2 N–H and O–H groups in total. The molecule has 1 heterocycles. The number of hydrogen-bond donors (Lipinski definition) is 2. The molecule has 5 unspecified atom stereocenters. The number of hydrogen-bond acceptors (Lipinski definition) is 4. The van der Waals surface area contributed by atoms with Crippen molar-refractivity contribution in [1.29, 1.82) is 0 Å². The zero-order valence-electron chi connectivity index (χ0n) is 18.7. The molecule has 0 saturated heterocycles. The lowest BCUT2D eigenvalue weighted by molar-refractivity contribution is -0.119. The highest BCUT2D eigenvalue weighted by Crippen LogP contribution is 2.35. The van der Waals surface area contributed by atoms with Gasteiger partial charge >= 0.3 is 0 Å². The van der Waals surface area contributed by atoms with Crippen LogP contribution in [0.5, 0.6) is 0 Å². The predicted octanol–water partition coefficient (Wildman–Crippen LogP) is 4.90. The Bertz CT molecular complexity index is 627. The van der Waals surface area contributed by atoms with Gasteiger partial charge in [-0.05, 0) is 88.9 Å². The molecule has 2 rings (SSSR count). The molecule has 29 heavy (non-hydrogen) atoms. The van der Waals surface area contributed by atoms with Crippen LogP contribution < -0.4 is 0 Å². The number of ketones is 1. The van der Waals surface area contributed by atoms with Crippen LogP contribution in [0.15, 0.2) is 34.9 Å². The maximum atomic E-state index is 12.0. The molecule has 0 aromatic rings. The monoisotopic (exact) mass is 404 g/mol. The first-order valence-corrected chi connectivity index (χ1v) is 11.3. The van der Waals surface area contributed by atoms with Crippen LogP contribution in [0.3, 0.4) is 0 Å². The molecule has 4 nitrogen and oxygen atoms in total. The Balaban J connectivity index is 1.72.